The number of rotatable bonds is 4. The molecule has 0 fully saturated rings. The summed E-state index contributed by atoms with van der Waals surface area (Å²) in [5.41, 5.74) is 0.109. The number of carbonyl (C=O) groups is 1. The molecule has 0 atom stereocenters. The predicted molar refractivity (Wildman–Crippen MR) is 62.6 cm³/mol. The number of carboxylic acids is 1. The van der Waals surface area contributed by atoms with Crippen LogP contribution in [0, 0.1) is 0 Å². The van der Waals surface area contributed by atoms with Crippen molar-refractivity contribution < 1.29 is 14.4 Å². The van der Waals surface area contributed by atoms with Crippen LogP contribution in [0.4, 0.5) is 0 Å². The van der Waals surface area contributed by atoms with E-state index in [9.17, 15) is 9.90 Å². The molecule has 0 aromatic carbocycles. The maximum absolute atomic E-state index is 11.2. The van der Waals surface area contributed by atoms with Crippen LogP contribution in [0.15, 0.2) is 23.3 Å². The molecule has 10 heteroatoms. The lowest BCUT2D eigenvalue weighted by Gasteiger charge is -2.04. The first-order chi connectivity index (χ1) is 9.66. The monoisotopic (exact) mass is 275 g/mol. The molecule has 3 aromatic rings. The molecule has 10 nitrogen and oxygen atoms in total. The van der Waals surface area contributed by atoms with Gasteiger partial charge in [-0.15, -0.1) is 5.10 Å². The minimum absolute atomic E-state index is 0.138. The predicted octanol–water partition coefficient (Wildman–Crippen LogP) is -0.192. The summed E-state index contributed by atoms with van der Waals surface area (Å²) in [7, 11) is 1.75. The topological polar surface area (TPSA) is 125 Å². The van der Waals surface area contributed by atoms with Gasteiger partial charge in [0.15, 0.2) is 11.6 Å². The van der Waals surface area contributed by atoms with Gasteiger partial charge < -0.3 is 14.2 Å². The third-order valence-electron chi connectivity index (χ3n) is 2.67. The quantitative estimate of drug-likeness (QED) is 0.694. The second-order valence-electron chi connectivity index (χ2n) is 3.96. The SMILES string of the molecule is Cn1ccnc1-c1c(C(=O)O)nnn1Cc1ncon1. The van der Waals surface area contributed by atoms with Gasteiger partial charge in [0, 0.05) is 19.4 Å². The lowest BCUT2D eigenvalue weighted by Crippen LogP contribution is -2.09. The highest BCUT2D eigenvalue weighted by Gasteiger charge is 2.24. The summed E-state index contributed by atoms with van der Waals surface area (Å²) < 4.78 is 7.69. The molecule has 0 bridgehead atoms. The number of carboxylic acid groups (broad SMARTS) is 1. The van der Waals surface area contributed by atoms with Crippen LogP contribution < -0.4 is 0 Å². The largest absolute Gasteiger partial charge is 0.476 e. The Morgan fingerprint density at radius 1 is 1.45 bits per heavy atom. The van der Waals surface area contributed by atoms with E-state index < -0.39 is 5.97 Å². The first-order valence-corrected chi connectivity index (χ1v) is 5.56. The first-order valence-electron chi connectivity index (χ1n) is 5.56. The van der Waals surface area contributed by atoms with Crippen LogP contribution in [0.2, 0.25) is 0 Å². The fraction of sp³-hybridized carbons (Fsp3) is 0.200. The molecule has 0 aliphatic carbocycles. The van der Waals surface area contributed by atoms with Gasteiger partial charge in [0.1, 0.15) is 12.2 Å². The molecule has 0 saturated heterocycles. The van der Waals surface area contributed by atoms with Crippen LogP contribution in [0.25, 0.3) is 11.5 Å². The molecular formula is C10H9N7O3. The lowest BCUT2D eigenvalue weighted by atomic mass is 10.3. The number of hydrogen-bond acceptors (Lipinski definition) is 7. The molecule has 0 amide bonds. The minimum atomic E-state index is -1.18. The van der Waals surface area contributed by atoms with Gasteiger partial charge in [-0.1, -0.05) is 10.4 Å². The summed E-state index contributed by atoms with van der Waals surface area (Å²) in [5, 5.41) is 20.3. The zero-order valence-electron chi connectivity index (χ0n) is 10.3. The Morgan fingerprint density at radius 2 is 2.30 bits per heavy atom. The fourth-order valence-electron chi connectivity index (χ4n) is 1.78. The van der Waals surface area contributed by atoms with Crippen LogP contribution in [0.5, 0.6) is 0 Å². The molecule has 1 N–H and O–H groups in total. The highest BCUT2D eigenvalue weighted by Crippen LogP contribution is 2.20. The Kier molecular flexibility index (Phi) is 2.75. The standard InChI is InChI=1S/C10H9N7O3/c1-16-3-2-11-9(16)8-7(10(18)19)13-15-17(8)4-6-12-5-20-14-6/h2-3,5H,4H2,1H3,(H,18,19). The van der Waals surface area contributed by atoms with Gasteiger partial charge in [0.25, 0.3) is 0 Å². The Morgan fingerprint density at radius 3 is 2.90 bits per heavy atom. The van der Waals surface area contributed by atoms with Crippen molar-refractivity contribution >= 4 is 5.97 Å². The molecule has 3 aromatic heterocycles. The van der Waals surface area contributed by atoms with E-state index in [-0.39, 0.29) is 17.9 Å². The summed E-state index contributed by atoms with van der Waals surface area (Å²) in [4.78, 5) is 19.2. The number of aromatic nitrogens is 7. The van der Waals surface area contributed by atoms with Gasteiger partial charge in [0.05, 0.1) is 0 Å². The summed E-state index contributed by atoms with van der Waals surface area (Å²) >= 11 is 0. The second-order valence-corrected chi connectivity index (χ2v) is 3.96. The van der Waals surface area contributed by atoms with Crippen molar-refractivity contribution in [3.8, 4) is 11.5 Å². The maximum atomic E-state index is 11.2. The van der Waals surface area contributed by atoms with E-state index in [0.29, 0.717) is 11.6 Å². The van der Waals surface area contributed by atoms with Crippen LogP contribution in [0.1, 0.15) is 16.3 Å². The van der Waals surface area contributed by atoms with Crippen molar-refractivity contribution in [2.45, 2.75) is 6.54 Å². The normalized spacial score (nSPS) is 10.8. The van der Waals surface area contributed by atoms with E-state index in [2.05, 4.69) is 30.0 Å². The first kappa shape index (κ1) is 12.0. The average molecular weight is 275 g/mol. The van der Waals surface area contributed by atoms with E-state index in [0.717, 1.165) is 0 Å². The van der Waals surface area contributed by atoms with E-state index in [1.807, 2.05) is 0 Å². The van der Waals surface area contributed by atoms with Gasteiger partial charge in [-0.25, -0.2) is 14.5 Å². The number of aromatic carboxylic acids is 1. The highest BCUT2D eigenvalue weighted by atomic mass is 16.5. The average Bonchev–Trinajstić information content (AvgIpc) is 3.10. The molecule has 0 unspecified atom stereocenters. The molecule has 20 heavy (non-hydrogen) atoms. The number of hydrogen-bond donors (Lipinski definition) is 1. The van der Waals surface area contributed by atoms with Crippen molar-refractivity contribution in [1.82, 2.24) is 34.7 Å². The van der Waals surface area contributed by atoms with Gasteiger partial charge in [-0.05, 0) is 0 Å². The summed E-state index contributed by atoms with van der Waals surface area (Å²) in [5.74, 6) is -0.374. The molecule has 0 aliphatic heterocycles. The minimum Gasteiger partial charge on any atom is -0.476 e. The van der Waals surface area contributed by atoms with Crippen molar-refractivity contribution in [2.75, 3.05) is 0 Å². The number of nitrogens with zero attached hydrogens (tertiary/aromatic N) is 7. The Labute approximate surface area is 111 Å². The summed E-state index contributed by atoms with van der Waals surface area (Å²) in [6, 6.07) is 0. The van der Waals surface area contributed by atoms with E-state index in [4.69, 9.17) is 0 Å². The van der Waals surface area contributed by atoms with Crippen molar-refractivity contribution in [3.63, 3.8) is 0 Å². The maximum Gasteiger partial charge on any atom is 0.358 e. The molecule has 0 aliphatic rings. The molecule has 0 saturated carbocycles. The third-order valence-corrected chi connectivity index (χ3v) is 2.67. The van der Waals surface area contributed by atoms with Crippen LogP contribution in [-0.2, 0) is 13.6 Å². The second kappa shape index (κ2) is 4.57. The van der Waals surface area contributed by atoms with Crippen molar-refractivity contribution in [3.05, 3.63) is 30.3 Å². The van der Waals surface area contributed by atoms with Gasteiger partial charge >= 0.3 is 5.97 Å². The number of imidazole rings is 1. The molecule has 0 spiro atoms. The third kappa shape index (κ3) is 1.92. The lowest BCUT2D eigenvalue weighted by molar-refractivity contribution is 0.0691. The van der Waals surface area contributed by atoms with Crippen LogP contribution in [0.3, 0.4) is 0 Å². The van der Waals surface area contributed by atoms with Gasteiger partial charge in [0.2, 0.25) is 12.1 Å². The molecule has 3 rings (SSSR count). The van der Waals surface area contributed by atoms with E-state index >= 15 is 0 Å². The fourth-order valence-corrected chi connectivity index (χ4v) is 1.78. The van der Waals surface area contributed by atoms with E-state index in [1.54, 1.807) is 24.0 Å². The summed E-state index contributed by atoms with van der Waals surface area (Å²) in [6.07, 6.45) is 4.45. The molecular weight excluding hydrogens is 266 g/mol. The van der Waals surface area contributed by atoms with Crippen molar-refractivity contribution in [2.24, 2.45) is 7.05 Å². The Hall–Kier alpha value is -3.04. The molecule has 3 heterocycles. The molecule has 0 radical (unpaired) electrons. The zero-order chi connectivity index (χ0) is 14.1. The van der Waals surface area contributed by atoms with Gasteiger partial charge in [-0.2, -0.15) is 4.98 Å². The number of aryl methyl sites for hydroxylation is 1. The van der Waals surface area contributed by atoms with Crippen molar-refractivity contribution in [1.29, 1.82) is 0 Å². The Bertz CT molecular complexity index is 743. The molecule has 102 valence electrons. The smallest absolute Gasteiger partial charge is 0.358 e. The van der Waals surface area contributed by atoms with Crippen LogP contribution >= 0.6 is 0 Å². The van der Waals surface area contributed by atoms with Gasteiger partial charge in [-0.3, -0.25) is 0 Å². The zero-order valence-corrected chi connectivity index (χ0v) is 10.3. The Balaban J connectivity index is 2.11. The van der Waals surface area contributed by atoms with Crippen LogP contribution in [-0.4, -0.2) is 45.8 Å². The highest BCUT2D eigenvalue weighted by molar-refractivity contribution is 5.91. The van der Waals surface area contributed by atoms with E-state index in [1.165, 1.54) is 11.1 Å². The summed E-state index contributed by atoms with van der Waals surface area (Å²) in [6.45, 7) is 0.138.